The molecule has 1 aromatic carbocycles. The van der Waals surface area contributed by atoms with Gasteiger partial charge in [-0.3, -0.25) is 4.52 Å². The highest BCUT2D eigenvalue weighted by atomic mass is 31.2. The van der Waals surface area contributed by atoms with Crippen molar-refractivity contribution in [2.45, 2.75) is 65.5 Å². The van der Waals surface area contributed by atoms with Gasteiger partial charge in [-0.05, 0) is 18.9 Å². The van der Waals surface area contributed by atoms with Crippen LogP contribution < -0.4 is 10.6 Å². The molecule has 4 N–H and O–H groups in total. The van der Waals surface area contributed by atoms with Gasteiger partial charge in [-0.15, -0.1) is 0 Å². The summed E-state index contributed by atoms with van der Waals surface area (Å²) in [6.45, 7) is 8.19. The Hall–Kier alpha value is -1.40. The first-order valence-corrected chi connectivity index (χ1v) is 10.7. The molecular formula is C18H33N2O5P. The molecule has 0 fully saturated rings. The van der Waals surface area contributed by atoms with Crippen LogP contribution in [0.15, 0.2) is 30.3 Å². The molecule has 150 valence electrons. The van der Waals surface area contributed by atoms with Gasteiger partial charge in [0.05, 0.1) is 12.1 Å². The lowest BCUT2D eigenvalue weighted by atomic mass is 10.0. The second-order valence-corrected chi connectivity index (χ2v) is 6.84. The zero-order valence-corrected chi connectivity index (χ0v) is 17.0. The molecule has 0 heterocycles. The fourth-order valence-electron chi connectivity index (χ4n) is 2.36. The van der Waals surface area contributed by atoms with Crippen molar-refractivity contribution in [1.82, 2.24) is 10.6 Å². The van der Waals surface area contributed by atoms with Crippen LogP contribution in [0.1, 0.15) is 65.0 Å². The van der Waals surface area contributed by atoms with Gasteiger partial charge < -0.3 is 20.4 Å². The van der Waals surface area contributed by atoms with Crippen molar-refractivity contribution >= 4 is 13.9 Å². The Morgan fingerprint density at radius 3 is 2.31 bits per heavy atom. The molecule has 0 saturated heterocycles. The molecule has 1 aromatic rings. The topological polar surface area (TPSA) is 108 Å². The lowest BCUT2D eigenvalue weighted by Crippen LogP contribution is -2.42. The largest absolute Gasteiger partial charge is 0.469 e. The van der Waals surface area contributed by atoms with E-state index in [1.54, 1.807) is 24.3 Å². The molecule has 0 spiro atoms. The molecule has 2 amide bonds. The fourth-order valence-corrected chi connectivity index (χ4v) is 2.91. The molecule has 0 aliphatic carbocycles. The van der Waals surface area contributed by atoms with Crippen molar-refractivity contribution in [2.75, 3.05) is 6.54 Å². The highest BCUT2D eigenvalue weighted by molar-refractivity contribution is 7.46. The van der Waals surface area contributed by atoms with Gasteiger partial charge in [0, 0.05) is 6.54 Å². The third-order valence-electron chi connectivity index (χ3n) is 3.53. The van der Waals surface area contributed by atoms with E-state index in [0.29, 0.717) is 12.1 Å². The van der Waals surface area contributed by atoms with Gasteiger partial charge in [0.15, 0.2) is 0 Å². The number of nitrogens with one attached hydrogen (secondary N) is 2. The Balaban J connectivity index is 0.00000301. The summed E-state index contributed by atoms with van der Waals surface area (Å²) in [5.41, 5.74) is 0.708. The first-order chi connectivity index (χ1) is 12.3. The molecule has 0 aromatic heterocycles. The normalized spacial score (nSPS) is 13.2. The molecule has 2 unspecified atom stereocenters. The van der Waals surface area contributed by atoms with Crippen LogP contribution in [0.4, 0.5) is 4.79 Å². The number of hydrogen-bond donors (Lipinski definition) is 4. The number of urea groups is 1. The number of phosphoric acid groups is 1. The number of carbonyl (C=O) groups is 1. The summed E-state index contributed by atoms with van der Waals surface area (Å²) in [5, 5.41) is 5.49. The predicted molar refractivity (Wildman–Crippen MR) is 104 cm³/mol. The maximum Gasteiger partial charge on any atom is 0.469 e. The van der Waals surface area contributed by atoms with Crippen LogP contribution in [0, 0.1) is 0 Å². The van der Waals surface area contributed by atoms with Gasteiger partial charge >= 0.3 is 13.9 Å². The van der Waals surface area contributed by atoms with Gasteiger partial charge in [-0.2, -0.15) is 0 Å². The summed E-state index contributed by atoms with van der Waals surface area (Å²) < 4.78 is 15.8. The van der Waals surface area contributed by atoms with Crippen LogP contribution in [-0.2, 0) is 9.09 Å². The minimum Gasteiger partial charge on any atom is -0.338 e. The number of benzene rings is 1. The number of amides is 2. The molecule has 1 rings (SSSR count). The van der Waals surface area contributed by atoms with Gasteiger partial charge in [0.2, 0.25) is 0 Å². The van der Waals surface area contributed by atoms with Gasteiger partial charge in [0.1, 0.15) is 0 Å². The standard InChI is InChI=1S/C16H27N2O5P.C2H6/c1-3-4-5-9-12-17-16(19)18-15(13(2)23-24(20,21)22)14-10-7-6-8-11-14;1-2/h6-8,10-11,13,15H,3-5,9,12H2,1-2H3,(H2,17,18,19)(H2,20,21,22);1-2H3. The number of hydrogen-bond acceptors (Lipinski definition) is 3. The molecule has 0 aliphatic heterocycles. The monoisotopic (exact) mass is 388 g/mol. The van der Waals surface area contributed by atoms with Crippen molar-refractivity contribution in [3.8, 4) is 0 Å². The minimum absolute atomic E-state index is 0.387. The van der Waals surface area contributed by atoms with Crippen LogP contribution in [0.3, 0.4) is 0 Å². The molecule has 8 heteroatoms. The fraction of sp³-hybridized carbons (Fsp3) is 0.611. The molecule has 0 saturated carbocycles. The smallest absolute Gasteiger partial charge is 0.338 e. The maximum absolute atomic E-state index is 12.1. The van der Waals surface area contributed by atoms with E-state index in [2.05, 4.69) is 17.6 Å². The number of unbranched alkanes of at least 4 members (excludes halogenated alkanes) is 3. The van der Waals surface area contributed by atoms with E-state index in [0.717, 1.165) is 25.7 Å². The van der Waals surface area contributed by atoms with Crippen molar-refractivity contribution < 1.29 is 23.7 Å². The highest BCUT2D eigenvalue weighted by Gasteiger charge is 2.28. The van der Waals surface area contributed by atoms with Crippen LogP contribution in [0.25, 0.3) is 0 Å². The third kappa shape index (κ3) is 11.3. The molecule has 26 heavy (non-hydrogen) atoms. The summed E-state index contributed by atoms with van der Waals surface area (Å²) in [6, 6.07) is 7.88. The van der Waals surface area contributed by atoms with Crippen LogP contribution in [-0.4, -0.2) is 28.5 Å². The Kier molecular flexibility index (Phi) is 13.0. The van der Waals surface area contributed by atoms with Gasteiger partial charge in [-0.25, -0.2) is 9.36 Å². The van der Waals surface area contributed by atoms with E-state index in [1.165, 1.54) is 6.92 Å². The lowest BCUT2D eigenvalue weighted by molar-refractivity contribution is 0.116. The Labute approximate surface area is 156 Å². The lowest BCUT2D eigenvalue weighted by Gasteiger charge is -2.26. The van der Waals surface area contributed by atoms with E-state index < -0.39 is 20.0 Å². The summed E-state index contributed by atoms with van der Waals surface area (Å²) in [5.74, 6) is 0. The molecular weight excluding hydrogens is 355 g/mol. The second kappa shape index (κ2) is 13.8. The van der Waals surface area contributed by atoms with Crippen LogP contribution in [0.5, 0.6) is 0 Å². The average molecular weight is 388 g/mol. The van der Waals surface area contributed by atoms with E-state index >= 15 is 0 Å². The van der Waals surface area contributed by atoms with E-state index in [9.17, 15) is 9.36 Å². The zero-order chi connectivity index (χ0) is 20.0. The summed E-state index contributed by atoms with van der Waals surface area (Å²) in [7, 11) is -4.65. The number of phosphoric ester groups is 1. The summed E-state index contributed by atoms with van der Waals surface area (Å²) >= 11 is 0. The van der Waals surface area contributed by atoms with E-state index in [4.69, 9.17) is 14.3 Å². The third-order valence-corrected chi connectivity index (χ3v) is 4.14. The summed E-state index contributed by atoms with van der Waals surface area (Å²) in [4.78, 5) is 30.1. The molecule has 0 radical (unpaired) electrons. The first kappa shape index (κ1) is 24.6. The van der Waals surface area contributed by atoms with Crippen LogP contribution >= 0.6 is 7.82 Å². The Morgan fingerprint density at radius 1 is 1.15 bits per heavy atom. The average Bonchev–Trinajstić information content (AvgIpc) is 2.60. The molecule has 0 aliphatic rings. The second-order valence-electron chi connectivity index (χ2n) is 5.65. The van der Waals surface area contributed by atoms with E-state index in [1.807, 2.05) is 19.9 Å². The van der Waals surface area contributed by atoms with Crippen molar-refractivity contribution in [1.29, 1.82) is 0 Å². The number of carbonyl (C=O) groups excluding carboxylic acids is 1. The molecule has 7 nitrogen and oxygen atoms in total. The molecule has 0 bridgehead atoms. The first-order valence-electron chi connectivity index (χ1n) is 9.16. The highest BCUT2D eigenvalue weighted by Crippen LogP contribution is 2.40. The van der Waals surface area contributed by atoms with Crippen molar-refractivity contribution in [2.24, 2.45) is 0 Å². The SMILES string of the molecule is CC.CCCCCCNC(=O)NC(c1ccccc1)C(C)OP(=O)(O)O. The van der Waals surface area contributed by atoms with Gasteiger partial charge in [0.25, 0.3) is 0 Å². The number of rotatable bonds is 10. The zero-order valence-electron chi connectivity index (χ0n) is 16.1. The quantitative estimate of drug-likeness (QED) is 0.356. The van der Waals surface area contributed by atoms with Gasteiger partial charge in [-0.1, -0.05) is 70.4 Å². The Bertz CT molecular complexity index is 536. The van der Waals surface area contributed by atoms with Crippen molar-refractivity contribution in [3.05, 3.63) is 35.9 Å². The van der Waals surface area contributed by atoms with Crippen molar-refractivity contribution in [3.63, 3.8) is 0 Å². The minimum atomic E-state index is -4.65. The predicted octanol–water partition coefficient (Wildman–Crippen LogP) is 4.13. The summed E-state index contributed by atoms with van der Waals surface area (Å²) in [6.07, 6.45) is 3.31. The van der Waals surface area contributed by atoms with E-state index in [-0.39, 0.29) is 6.03 Å². The molecule has 2 atom stereocenters. The Morgan fingerprint density at radius 2 is 1.77 bits per heavy atom. The maximum atomic E-state index is 12.1. The van der Waals surface area contributed by atoms with Crippen LogP contribution in [0.2, 0.25) is 0 Å².